The smallest absolute Gasteiger partial charge is 0.119 e. The van der Waals surface area contributed by atoms with Crippen molar-refractivity contribution in [1.29, 1.82) is 0 Å². The Kier molecular flexibility index (Phi) is 5.49. The third kappa shape index (κ3) is 4.31. The summed E-state index contributed by atoms with van der Waals surface area (Å²) in [5.41, 5.74) is 1.32. The van der Waals surface area contributed by atoms with Crippen LogP contribution in [0.4, 0.5) is 0 Å². The van der Waals surface area contributed by atoms with Crippen LogP contribution in [0.3, 0.4) is 0 Å². The summed E-state index contributed by atoms with van der Waals surface area (Å²) in [6.45, 7) is 3.96. The Morgan fingerprint density at radius 2 is 2.39 bits per heavy atom. The molecule has 0 amide bonds. The lowest BCUT2D eigenvalue weighted by molar-refractivity contribution is 0.0550. The SMILES string of the molecule is COc1cccc(CCNCC2CCCOC2)c1. The number of hydrogen-bond acceptors (Lipinski definition) is 3. The maximum atomic E-state index is 5.47. The van der Waals surface area contributed by atoms with E-state index < -0.39 is 0 Å². The average Bonchev–Trinajstić information content (AvgIpc) is 2.45. The highest BCUT2D eigenvalue weighted by atomic mass is 16.5. The molecule has 100 valence electrons. The van der Waals surface area contributed by atoms with E-state index in [4.69, 9.17) is 9.47 Å². The maximum absolute atomic E-state index is 5.47. The zero-order valence-corrected chi connectivity index (χ0v) is 11.2. The van der Waals surface area contributed by atoms with Gasteiger partial charge in [-0.3, -0.25) is 0 Å². The third-order valence-corrected chi connectivity index (χ3v) is 3.41. The van der Waals surface area contributed by atoms with Gasteiger partial charge < -0.3 is 14.8 Å². The molecule has 1 atom stereocenters. The molecule has 0 radical (unpaired) electrons. The van der Waals surface area contributed by atoms with Crippen molar-refractivity contribution in [1.82, 2.24) is 5.32 Å². The van der Waals surface area contributed by atoms with Gasteiger partial charge in [0.05, 0.1) is 13.7 Å². The van der Waals surface area contributed by atoms with E-state index >= 15 is 0 Å². The van der Waals surface area contributed by atoms with Gasteiger partial charge in [-0.25, -0.2) is 0 Å². The van der Waals surface area contributed by atoms with Gasteiger partial charge in [0, 0.05) is 13.2 Å². The molecule has 1 saturated heterocycles. The maximum Gasteiger partial charge on any atom is 0.119 e. The molecular weight excluding hydrogens is 226 g/mol. The Morgan fingerprint density at radius 3 is 3.17 bits per heavy atom. The van der Waals surface area contributed by atoms with Gasteiger partial charge in [0.1, 0.15) is 5.75 Å². The van der Waals surface area contributed by atoms with Crippen molar-refractivity contribution in [3.05, 3.63) is 29.8 Å². The first kappa shape index (κ1) is 13.4. The van der Waals surface area contributed by atoms with Crippen LogP contribution in [0.25, 0.3) is 0 Å². The van der Waals surface area contributed by atoms with E-state index in [1.165, 1.54) is 18.4 Å². The fourth-order valence-electron chi connectivity index (χ4n) is 2.34. The molecule has 1 fully saturated rings. The predicted octanol–water partition coefficient (Wildman–Crippen LogP) is 2.25. The Balaban J connectivity index is 1.65. The predicted molar refractivity (Wildman–Crippen MR) is 73.1 cm³/mol. The fraction of sp³-hybridized carbons (Fsp3) is 0.600. The lowest BCUT2D eigenvalue weighted by Crippen LogP contribution is -2.30. The standard InChI is InChI=1S/C15H23NO2/c1-17-15-6-2-4-13(10-15)7-8-16-11-14-5-3-9-18-12-14/h2,4,6,10,14,16H,3,5,7-9,11-12H2,1H3. The molecule has 3 heteroatoms. The Morgan fingerprint density at radius 1 is 1.44 bits per heavy atom. The van der Waals surface area contributed by atoms with Crippen molar-refractivity contribution in [3.8, 4) is 5.75 Å². The van der Waals surface area contributed by atoms with Gasteiger partial charge in [0.2, 0.25) is 0 Å². The monoisotopic (exact) mass is 249 g/mol. The van der Waals surface area contributed by atoms with Gasteiger partial charge in [0.25, 0.3) is 0 Å². The number of benzene rings is 1. The van der Waals surface area contributed by atoms with Gasteiger partial charge in [-0.1, -0.05) is 12.1 Å². The second-order valence-electron chi connectivity index (χ2n) is 4.89. The van der Waals surface area contributed by atoms with Crippen LogP contribution in [0.15, 0.2) is 24.3 Å². The van der Waals surface area contributed by atoms with Gasteiger partial charge in [-0.2, -0.15) is 0 Å². The van der Waals surface area contributed by atoms with Crippen molar-refractivity contribution in [2.45, 2.75) is 19.3 Å². The summed E-state index contributed by atoms with van der Waals surface area (Å²) in [4.78, 5) is 0. The molecule has 1 aliphatic heterocycles. The molecule has 1 aliphatic rings. The second kappa shape index (κ2) is 7.39. The second-order valence-corrected chi connectivity index (χ2v) is 4.89. The zero-order valence-electron chi connectivity index (χ0n) is 11.2. The molecule has 0 bridgehead atoms. The number of methoxy groups -OCH3 is 1. The first-order valence-corrected chi connectivity index (χ1v) is 6.80. The van der Waals surface area contributed by atoms with Crippen LogP contribution < -0.4 is 10.1 Å². The number of nitrogens with one attached hydrogen (secondary N) is 1. The summed E-state index contributed by atoms with van der Waals surface area (Å²) in [7, 11) is 1.71. The molecule has 0 saturated carbocycles. The largest absolute Gasteiger partial charge is 0.497 e. The highest BCUT2D eigenvalue weighted by molar-refractivity contribution is 5.28. The summed E-state index contributed by atoms with van der Waals surface area (Å²) in [6, 6.07) is 8.28. The van der Waals surface area contributed by atoms with Gasteiger partial charge in [-0.15, -0.1) is 0 Å². The van der Waals surface area contributed by atoms with Crippen molar-refractivity contribution < 1.29 is 9.47 Å². The van der Waals surface area contributed by atoms with Crippen LogP contribution in [0.2, 0.25) is 0 Å². The topological polar surface area (TPSA) is 30.5 Å². The first-order valence-electron chi connectivity index (χ1n) is 6.80. The van der Waals surface area contributed by atoms with E-state index in [0.717, 1.165) is 38.5 Å². The number of ether oxygens (including phenoxy) is 2. The molecule has 1 unspecified atom stereocenters. The Labute approximate surface area is 109 Å². The molecule has 3 nitrogen and oxygen atoms in total. The molecule has 2 rings (SSSR count). The molecular formula is C15H23NO2. The highest BCUT2D eigenvalue weighted by Gasteiger charge is 2.12. The average molecular weight is 249 g/mol. The third-order valence-electron chi connectivity index (χ3n) is 3.41. The van der Waals surface area contributed by atoms with E-state index in [-0.39, 0.29) is 0 Å². The van der Waals surface area contributed by atoms with Crippen molar-refractivity contribution in [2.24, 2.45) is 5.92 Å². The molecule has 18 heavy (non-hydrogen) atoms. The molecule has 1 aromatic rings. The zero-order chi connectivity index (χ0) is 12.6. The highest BCUT2D eigenvalue weighted by Crippen LogP contribution is 2.13. The van der Waals surface area contributed by atoms with Crippen LogP contribution in [0, 0.1) is 5.92 Å². The first-order chi connectivity index (χ1) is 8.88. The Bertz CT molecular complexity index is 348. The quantitative estimate of drug-likeness (QED) is 0.784. The lowest BCUT2D eigenvalue weighted by atomic mass is 10.0. The van der Waals surface area contributed by atoms with Gasteiger partial charge >= 0.3 is 0 Å². The fourth-order valence-corrected chi connectivity index (χ4v) is 2.34. The molecule has 1 aromatic carbocycles. The minimum absolute atomic E-state index is 0.698. The summed E-state index contributed by atoms with van der Waals surface area (Å²) in [5, 5.41) is 3.52. The summed E-state index contributed by atoms with van der Waals surface area (Å²) >= 11 is 0. The summed E-state index contributed by atoms with van der Waals surface area (Å²) in [6.07, 6.45) is 3.55. The van der Waals surface area contributed by atoms with Crippen molar-refractivity contribution >= 4 is 0 Å². The minimum atomic E-state index is 0.698. The van der Waals surface area contributed by atoms with E-state index in [0.29, 0.717) is 5.92 Å². The van der Waals surface area contributed by atoms with Gasteiger partial charge in [-0.05, 0) is 49.4 Å². The number of rotatable bonds is 6. The molecule has 0 aromatic heterocycles. The van der Waals surface area contributed by atoms with E-state index in [9.17, 15) is 0 Å². The van der Waals surface area contributed by atoms with Crippen LogP contribution in [-0.4, -0.2) is 33.4 Å². The van der Waals surface area contributed by atoms with E-state index in [1.54, 1.807) is 7.11 Å². The van der Waals surface area contributed by atoms with Crippen LogP contribution in [0.5, 0.6) is 5.75 Å². The summed E-state index contributed by atoms with van der Waals surface area (Å²) in [5.74, 6) is 1.64. The van der Waals surface area contributed by atoms with Crippen LogP contribution in [0.1, 0.15) is 18.4 Å². The van der Waals surface area contributed by atoms with Crippen LogP contribution in [-0.2, 0) is 11.2 Å². The van der Waals surface area contributed by atoms with E-state index in [2.05, 4.69) is 17.4 Å². The Hall–Kier alpha value is -1.06. The summed E-state index contributed by atoms with van der Waals surface area (Å²) < 4.78 is 10.7. The normalized spacial score (nSPS) is 19.7. The molecule has 1 heterocycles. The minimum Gasteiger partial charge on any atom is -0.497 e. The van der Waals surface area contributed by atoms with Gasteiger partial charge in [0.15, 0.2) is 0 Å². The lowest BCUT2D eigenvalue weighted by Gasteiger charge is -2.22. The number of hydrogen-bond donors (Lipinski definition) is 1. The molecule has 0 aliphatic carbocycles. The molecule has 0 spiro atoms. The van der Waals surface area contributed by atoms with E-state index in [1.807, 2.05) is 12.1 Å². The van der Waals surface area contributed by atoms with Crippen LogP contribution >= 0.6 is 0 Å². The molecule has 1 N–H and O–H groups in total. The van der Waals surface area contributed by atoms with Crippen molar-refractivity contribution in [2.75, 3.05) is 33.4 Å². The van der Waals surface area contributed by atoms with Crippen molar-refractivity contribution in [3.63, 3.8) is 0 Å².